The highest BCUT2D eigenvalue weighted by atomic mass is 32.2. The lowest BCUT2D eigenvalue weighted by Crippen LogP contribution is -2.25. The van der Waals surface area contributed by atoms with Gasteiger partial charge in [0.25, 0.3) is 5.91 Å². The van der Waals surface area contributed by atoms with E-state index in [0.717, 1.165) is 52.7 Å². The predicted octanol–water partition coefficient (Wildman–Crippen LogP) is 3.41. The summed E-state index contributed by atoms with van der Waals surface area (Å²) in [7, 11) is -0.655. The molecule has 1 saturated heterocycles. The largest absolute Gasteiger partial charge is 0.371 e. The van der Waals surface area contributed by atoms with Gasteiger partial charge in [-0.3, -0.25) is 4.79 Å². The van der Waals surface area contributed by atoms with Gasteiger partial charge in [0.1, 0.15) is 0 Å². The third-order valence-corrected chi connectivity index (χ3v) is 6.88. The molecule has 1 heterocycles. The van der Waals surface area contributed by atoms with Crippen LogP contribution in [0.5, 0.6) is 0 Å². The molecule has 0 saturated carbocycles. The average molecular weight is 402 g/mol. The Bertz CT molecular complexity index is 994. The van der Waals surface area contributed by atoms with Gasteiger partial charge in [-0.1, -0.05) is 17.7 Å². The number of carbonyl (C=O) groups is 1. The zero-order valence-corrected chi connectivity index (χ0v) is 17.6. The SMILES string of the molecule is Cc1ccc(NC(=O)c2cc(S(=O)(=O)N(C)C)ccc2N2CCCC2)c(C)c1. The lowest BCUT2D eigenvalue weighted by Gasteiger charge is -2.22. The van der Waals surface area contributed by atoms with Gasteiger partial charge in [-0.05, 0) is 56.5 Å². The molecule has 0 bridgehead atoms. The smallest absolute Gasteiger partial charge is 0.257 e. The van der Waals surface area contributed by atoms with Crippen molar-refractivity contribution in [1.29, 1.82) is 0 Å². The maximum atomic E-state index is 13.1. The Kier molecular flexibility index (Phi) is 5.76. The molecule has 6 nitrogen and oxygen atoms in total. The Labute approximate surface area is 167 Å². The molecule has 0 aliphatic carbocycles. The fraction of sp³-hybridized carbons (Fsp3) is 0.381. The molecule has 2 aromatic rings. The molecule has 2 aromatic carbocycles. The van der Waals surface area contributed by atoms with Gasteiger partial charge in [0.15, 0.2) is 0 Å². The molecule has 1 N–H and O–H groups in total. The zero-order chi connectivity index (χ0) is 20.5. The summed E-state index contributed by atoms with van der Waals surface area (Å²) in [6, 6.07) is 10.6. The van der Waals surface area contributed by atoms with Crippen LogP contribution in [0.3, 0.4) is 0 Å². The van der Waals surface area contributed by atoms with Crippen LogP contribution in [0.1, 0.15) is 34.3 Å². The third-order valence-electron chi connectivity index (χ3n) is 5.07. The van der Waals surface area contributed by atoms with Gasteiger partial charge in [-0.25, -0.2) is 12.7 Å². The fourth-order valence-electron chi connectivity index (χ4n) is 3.45. The highest BCUT2D eigenvalue weighted by Gasteiger charge is 2.24. The zero-order valence-electron chi connectivity index (χ0n) is 16.8. The number of sulfonamides is 1. The second-order valence-corrected chi connectivity index (χ2v) is 9.58. The van der Waals surface area contributed by atoms with E-state index in [1.165, 1.54) is 20.2 Å². The molecular formula is C21H27N3O3S. The quantitative estimate of drug-likeness (QED) is 0.834. The first-order valence-electron chi connectivity index (χ1n) is 9.40. The molecule has 1 aliphatic rings. The van der Waals surface area contributed by atoms with E-state index >= 15 is 0 Å². The summed E-state index contributed by atoms with van der Waals surface area (Å²) in [5, 5.41) is 2.95. The van der Waals surface area contributed by atoms with Crippen molar-refractivity contribution in [2.45, 2.75) is 31.6 Å². The van der Waals surface area contributed by atoms with Crippen molar-refractivity contribution in [2.75, 3.05) is 37.4 Å². The number of nitrogens with zero attached hydrogens (tertiary/aromatic N) is 2. The van der Waals surface area contributed by atoms with Crippen LogP contribution in [0.2, 0.25) is 0 Å². The van der Waals surface area contributed by atoms with Crippen LogP contribution in [0.25, 0.3) is 0 Å². The van der Waals surface area contributed by atoms with Crippen molar-refractivity contribution in [1.82, 2.24) is 4.31 Å². The summed E-state index contributed by atoms with van der Waals surface area (Å²) < 4.78 is 26.3. The molecule has 3 rings (SSSR count). The van der Waals surface area contributed by atoms with Crippen molar-refractivity contribution >= 4 is 27.3 Å². The van der Waals surface area contributed by atoms with Gasteiger partial charge >= 0.3 is 0 Å². The van der Waals surface area contributed by atoms with Crippen LogP contribution < -0.4 is 10.2 Å². The summed E-state index contributed by atoms with van der Waals surface area (Å²) in [6.07, 6.45) is 2.13. The molecule has 0 spiro atoms. The van der Waals surface area contributed by atoms with Gasteiger partial charge in [0.2, 0.25) is 10.0 Å². The molecule has 1 fully saturated rings. The molecule has 1 amide bonds. The number of anilines is 2. The molecule has 28 heavy (non-hydrogen) atoms. The normalized spacial score (nSPS) is 14.5. The summed E-state index contributed by atoms with van der Waals surface area (Å²) in [5.74, 6) is -0.301. The molecule has 150 valence electrons. The predicted molar refractivity (Wildman–Crippen MR) is 113 cm³/mol. The summed E-state index contributed by atoms with van der Waals surface area (Å²) in [6.45, 7) is 5.67. The summed E-state index contributed by atoms with van der Waals surface area (Å²) >= 11 is 0. The maximum absolute atomic E-state index is 13.1. The Morgan fingerprint density at radius 1 is 1.04 bits per heavy atom. The minimum absolute atomic E-state index is 0.117. The van der Waals surface area contributed by atoms with E-state index in [9.17, 15) is 13.2 Å². The highest BCUT2D eigenvalue weighted by molar-refractivity contribution is 7.89. The second kappa shape index (κ2) is 7.93. The Morgan fingerprint density at radius 3 is 2.32 bits per heavy atom. The maximum Gasteiger partial charge on any atom is 0.257 e. The van der Waals surface area contributed by atoms with E-state index in [2.05, 4.69) is 10.2 Å². The monoisotopic (exact) mass is 401 g/mol. The van der Waals surface area contributed by atoms with Gasteiger partial charge in [0.05, 0.1) is 10.5 Å². The number of nitrogens with one attached hydrogen (secondary N) is 1. The lowest BCUT2D eigenvalue weighted by molar-refractivity contribution is 0.102. The third kappa shape index (κ3) is 4.05. The Balaban J connectivity index is 2.03. The second-order valence-electron chi connectivity index (χ2n) is 7.43. The number of rotatable bonds is 5. The first-order chi connectivity index (χ1) is 13.2. The van der Waals surface area contributed by atoms with Crippen LogP contribution in [0.15, 0.2) is 41.3 Å². The van der Waals surface area contributed by atoms with E-state index in [-0.39, 0.29) is 10.8 Å². The Morgan fingerprint density at radius 2 is 1.71 bits per heavy atom. The van der Waals surface area contributed by atoms with Gasteiger partial charge in [-0.2, -0.15) is 0 Å². The number of amides is 1. The minimum Gasteiger partial charge on any atom is -0.371 e. The van der Waals surface area contributed by atoms with Gasteiger partial charge in [0, 0.05) is 38.6 Å². The molecule has 7 heteroatoms. The van der Waals surface area contributed by atoms with E-state index < -0.39 is 10.0 Å². The van der Waals surface area contributed by atoms with E-state index in [0.29, 0.717) is 5.56 Å². The number of hydrogen-bond donors (Lipinski definition) is 1. The first-order valence-corrected chi connectivity index (χ1v) is 10.8. The molecule has 0 atom stereocenters. The van der Waals surface area contributed by atoms with E-state index in [1.54, 1.807) is 12.1 Å². The molecule has 1 aliphatic heterocycles. The lowest BCUT2D eigenvalue weighted by atomic mass is 10.1. The molecule has 0 radical (unpaired) electrons. The van der Waals surface area contributed by atoms with E-state index in [1.807, 2.05) is 32.0 Å². The van der Waals surface area contributed by atoms with E-state index in [4.69, 9.17) is 0 Å². The fourth-order valence-corrected chi connectivity index (χ4v) is 4.37. The van der Waals surface area contributed by atoms with Crippen LogP contribution in [0, 0.1) is 13.8 Å². The van der Waals surface area contributed by atoms with Crippen LogP contribution in [0.4, 0.5) is 11.4 Å². The van der Waals surface area contributed by atoms with Crippen LogP contribution >= 0.6 is 0 Å². The van der Waals surface area contributed by atoms with Crippen molar-refractivity contribution in [2.24, 2.45) is 0 Å². The topological polar surface area (TPSA) is 69.7 Å². The average Bonchev–Trinajstić information content (AvgIpc) is 3.17. The first kappa shape index (κ1) is 20.4. The number of benzene rings is 2. The number of carbonyl (C=O) groups excluding carboxylic acids is 1. The standard InChI is InChI=1S/C21H27N3O3S/c1-15-7-9-19(16(2)13-15)22-21(25)18-14-17(28(26,27)23(3)4)8-10-20(18)24-11-5-6-12-24/h7-10,13-14H,5-6,11-12H2,1-4H3,(H,22,25). The molecule has 0 unspecified atom stereocenters. The van der Waals surface area contributed by atoms with Crippen molar-refractivity contribution in [3.63, 3.8) is 0 Å². The summed E-state index contributed by atoms with van der Waals surface area (Å²) in [5.41, 5.74) is 3.96. The molecular weight excluding hydrogens is 374 g/mol. The summed E-state index contributed by atoms with van der Waals surface area (Å²) in [4.78, 5) is 15.4. The molecule has 0 aromatic heterocycles. The van der Waals surface area contributed by atoms with Crippen molar-refractivity contribution in [3.8, 4) is 0 Å². The van der Waals surface area contributed by atoms with Crippen molar-refractivity contribution in [3.05, 3.63) is 53.1 Å². The van der Waals surface area contributed by atoms with Crippen molar-refractivity contribution < 1.29 is 13.2 Å². The number of hydrogen-bond acceptors (Lipinski definition) is 4. The van der Waals surface area contributed by atoms with Crippen LogP contribution in [-0.4, -0.2) is 45.8 Å². The van der Waals surface area contributed by atoms with Crippen LogP contribution in [-0.2, 0) is 10.0 Å². The highest BCUT2D eigenvalue weighted by Crippen LogP contribution is 2.29. The Hall–Kier alpha value is -2.38. The van der Waals surface area contributed by atoms with Gasteiger partial charge < -0.3 is 10.2 Å². The minimum atomic E-state index is -3.63. The number of aryl methyl sites for hydroxylation is 2. The van der Waals surface area contributed by atoms with Gasteiger partial charge in [-0.15, -0.1) is 0 Å².